The Morgan fingerprint density at radius 1 is 1.54 bits per heavy atom. The maximum absolute atomic E-state index is 8.77. The van der Waals surface area contributed by atoms with Crippen molar-refractivity contribution in [3.05, 3.63) is 36.1 Å². The highest BCUT2D eigenvalue weighted by Gasteiger charge is 1.93. The zero-order valence-electron chi connectivity index (χ0n) is 8.51. The summed E-state index contributed by atoms with van der Waals surface area (Å²) < 4.78 is 0. The van der Waals surface area contributed by atoms with Crippen LogP contribution in [-0.2, 0) is 0 Å². The predicted octanol–water partition coefficient (Wildman–Crippen LogP) is 1.99. The van der Waals surface area contributed by atoms with Crippen molar-refractivity contribution < 1.29 is 5.11 Å². The Morgan fingerprint density at radius 3 is 2.62 bits per heavy atom. The fourth-order valence-corrected chi connectivity index (χ4v) is 1.01. The first kappa shape index (κ1) is 12.0. The molecule has 0 spiro atoms. The topological polar surface area (TPSA) is 32.3 Å². The van der Waals surface area contributed by atoms with Gasteiger partial charge in [-0.2, -0.15) is 0 Å². The highest BCUT2D eigenvalue weighted by Crippen LogP contribution is 2.05. The SMILES string of the molecule is C=C/C(=C\C(=C/C)CCO)NCC. The van der Waals surface area contributed by atoms with Crippen molar-refractivity contribution in [2.45, 2.75) is 20.3 Å². The molecule has 0 unspecified atom stereocenters. The fraction of sp³-hybridized carbons (Fsp3) is 0.455. The summed E-state index contributed by atoms with van der Waals surface area (Å²) in [4.78, 5) is 0. The second kappa shape index (κ2) is 7.62. The molecule has 0 aliphatic rings. The van der Waals surface area contributed by atoms with E-state index in [1.54, 1.807) is 6.08 Å². The van der Waals surface area contributed by atoms with Crippen LogP contribution in [0, 0.1) is 0 Å². The molecule has 0 aliphatic carbocycles. The Bertz CT molecular complexity index is 204. The van der Waals surface area contributed by atoms with Crippen molar-refractivity contribution in [2.24, 2.45) is 0 Å². The van der Waals surface area contributed by atoms with Gasteiger partial charge in [0.2, 0.25) is 0 Å². The van der Waals surface area contributed by atoms with Crippen LogP contribution in [0.3, 0.4) is 0 Å². The van der Waals surface area contributed by atoms with E-state index in [0.717, 1.165) is 17.8 Å². The van der Waals surface area contributed by atoms with E-state index in [1.165, 1.54) is 0 Å². The molecular weight excluding hydrogens is 162 g/mol. The average molecular weight is 181 g/mol. The van der Waals surface area contributed by atoms with Crippen LogP contribution in [0.1, 0.15) is 20.3 Å². The summed E-state index contributed by atoms with van der Waals surface area (Å²) in [5.74, 6) is 0. The van der Waals surface area contributed by atoms with Crippen molar-refractivity contribution in [2.75, 3.05) is 13.2 Å². The molecule has 13 heavy (non-hydrogen) atoms. The monoisotopic (exact) mass is 181 g/mol. The quantitative estimate of drug-likeness (QED) is 0.614. The van der Waals surface area contributed by atoms with Gasteiger partial charge < -0.3 is 10.4 Å². The second-order valence-electron chi connectivity index (χ2n) is 2.67. The minimum atomic E-state index is 0.187. The van der Waals surface area contributed by atoms with Gasteiger partial charge in [-0.25, -0.2) is 0 Å². The number of aliphatic hydroxyl groups is 1. The molecule has 2 heteroatoms. The van der Waals surface area contributed by atoms with E-state index in [4.69, 9.17) is 5.11 Å². The second-order valence-corrected chi connectivity index (χ2v) is 2.67. The Labute approximate surface area is 80.7 Å². The van der Waals surface area contributed by atoms with Gasteiger partial charge in [-0.15, -0.1) is 0 Å². The number of likely N-dealkylation sites (N-methyl/N-ethyl adjacent to an activating group) is 1. The molecule has 74 valence electrons. The van der Waals surface area contributed by atoms with Gasteiger partial charge in [0.05, 0.1) is 0 Å². The molecule has 0 aromatic carbocycles. The van der Waals surface area contributed by atoms with Crippen molar-refractivity contribution in [1.29, 1.82) is 0 Å². The fourth-order valence-electron chi connectivity index (χ4n) is 1.01. The molecular formula is C11H19NO. The molecule has 0 fully saturated rings. The van der Waals surface area contributed by atoms with Crippen molar-refractivity contribution in [1.82, 2.24) is 5.32 Å². The lowest BCUT2D eigenvalue weighted by molar-refractivity contribution is 0.300. The largest absolute Gasteiger partial charge is 0.396 e. The van der Waals surface area contributed by atoms with E-state index in [2.05, 4.69) is 11.9 Å². The first-order valence-corrected chi connectivity index (χ1v) is 4.62. The first-order valence-electron chi connectivity index (χ1n) is 4.62. The van der Waals surface area contributed by atoms with Gasteiger partial charge in [0, 0.05) is 18.8 Å². The Kier molecular flexibility index (Phi) is 7.02. The number of nitrogens with one attached hydrogen (secondary N) is 1. The molecule has 0 aromatic rings. The van der Waals surface area contributed by atoms with Crippen LogP contribution >= 0.6 is 0 Å². The van der Waals surface area contributed by atoms with Gasteiger partial charge in [0.1, 0.15) is 0 Å². The van der Waals surface area contributed by atoms with Crippen LogP contribution in [0.2, 0.25) is 0 Å². The number of hydrogen-bond acceptors (Lipinski definition) is 2. The van der Waals surface area contributed by atoms with Crippen molar-refractivity contribution >= 4 is 0 Å². The van der Waals surface area contributed by atoms with Gasteiger partial charge in [-0.05, 0) is 38.0 Å². The maximum Gasteiger partial charge on any atom is 0.0471 e. The summed E-state index contributed by atoms with van der Waals surface area (Å²) in [6.45, 7) is 8.78. The Morgan fingerprint density at radius 2 is 2.23 bits per heavy atom. The lowest BCUT2D eigenvalue weighted by atomic mass is 10.1. The van der Waals surface area contributed by atoms with Crippen LogP contribution in [0.5, 0.6) is 0 Å². The van der Waals surface area contributed by atoms with Gasteiger partial charge in [0.15, 0.2) is 0 Å². The molecule has 0 saturated carbocycles. The lowest BCUT2D eigenvalue weighted by Gasteiger charge is -2.05. The van der Waals surface area contributed by atoms with Gasteiger partial charge in [0.25, 0.3) is 0 Å². The molecule has 0 bridgehead atoms. The van der Waals surface area contributed by atoms with Crippen LogP contribution in [0.25, 0.3) is 0 Å². The summed E-state index contributed by atoms with van der Waals surface area (Å²) in [7, 11) is 0. The summed E-state index contributed by atoms with van der Waals surface area (Å²) in [6, 6.07) is 0. The summed E-state index contributed by atoms with van der Waals surface area (Å²) >= 11 is 0. The van der Waals surface area contributed by atoms with E-state index in [-0.39, 0.29) is 6.61 Å². The summed E-state index contributed by atoms with van der Waals surface area (Å²) in [6.07, 6.45) is 6.48. The van der Waals surface area contributed by atoms with Crippen molar-refractivity contribution in [3.63, 3.8) is 0 Å². The van der Waals surface area contributed by atoms with Gasteiger partial charge in [-0.3, -0.25) is 0 Å². The summed E-state index contributed by atoms with van der Waals surface area (Å²) in [5.41, 5.74) is 2.13. The van der Waals surface area contributed by atoms with E-state index in [9.17, 15) is 0 Å². The van der Waals surface area contributed by atoms with Crippen LogP contribution in [-0.4, -0.2) is 18.3 Å². The van der Waals surface area contributed by atoms with E-state index >= 15 is 0 Å². The molecule has 0 aromatic heterocycles. The highest BCUT2D eigenvalue weighted by molar-refractivity contribution is 5.27. The third-order valence-electron chi connectivity index (χ3n) is 1.71. The molecule has 0 radical (unpaired) electrons. The predicted molar refractivity (Wildman–Crippen MR) is 57.4 cm³/mol. The highest BCUT2D eigenvalue weighted by atomic mass is 16.2. The number of aliphatic hydroxyl groups excluding tert-OH is 1. The molecule has 0 atom stereocenters. The minimum absolute atomic E-state index is 0.187. The van der Waals surface area contributed by atoms with E-state index in [1.807, 2.05) is 26.0 Å². The lowest BCUT2D eigenvalue weighted by Crippen LogP contribution is -2.10. The van der Waals surface area contributed by atoms with Gasteiger partial charge in [-0.1, -0.05) is 12.7 Å². The number of rotatable bonds is 6. The smallest absolute Gasteiger partial charge is 0.0471 e. The number of allylic oxidation sites excluding steroid dienone is 3. The van der Waals surface area contributed by atoms with E-state index in [0.29, 0.717) is 6.42 Å². The zero-order chi connectivity index (χ0) is 10.1. The number of hydrogen-bond donors (Lipinski definition) is 2. The summed E-state index contributed by atoms with van der Waals surface area (Å²) in [5, 5.41) is 11.9. The molecule has 2 N–H and O–H groups in total. The first-order chi connectivity index (χ1) is 6.28. The van der Waals surface area contributed by atoms with Crippen LogP contribution < -0.4 is 5.32 Å². The van der Waals surface area contributed by atoms with Crippen LogP contribution in [0.4, 0.5) is 0 Å². The zero-order valence-corrected chi connectivity index (χ0v) is 8.51. The molecule has 0 amide bonds. The Balaban J connectivity index is 4.35. The maximum atomic E-state index is 8.77. The molecule has 2 nitrogen and oxygen atoms in total. The molecule has 0 aliphatic heterocycles. The average Bonchev–Trinajstić information content (AvgIpc) is 2.16. The third kappa shape index (κ3) is 5.26. The standard InChI is InChI=1S/C11H19NO/c1-4-10(7-8-13)9-11(5-2)12-6-3/h4-5,9,12-13H,2,6-8H2,1,3H3/b10-4-,11-9+. The molecule has 0 saturated heterocycles. The van der Waals surface area contributed by atoms with Gasteiger partial charge >= 0.3 is 0 Å². The minimum Gasteiger partial charge on any atom is -0.396 e. The molecule has 0 rings (SSSR count). The van der Waals surface area contributed by atoms with Crippen molar-refractivity contribution in [3.8, 4) is 0 Å². The van der Waals surface area contributed by atoms with E-state index < -0.39 is 0 Å². The normalized spacial score (nSPS) is 12.8. The molecule has 0 heterocycles. The van der Waals surface area contributed by atoms with Crippen LogP contribution in [0.15, 0.2) is 36.1 Å². The third-order valence-corrected chi connectivity index (χ3v) is 1.71. The Hall–Kier alpha value is -1.02.